The van der Waals surface area contributed by atoms with E-state index >= 15 is 0 Å². The fourth-order valence-electron chi connectivity index (χ4n) is 0.179. The number of alkyl halides is 1. The van der Waals surface area contributed by atoms with Crippen LogP contribution < -0.4 is 0 Å². The third-order valence-corrected chi connectivity index (χ3v) is 1.37. The molecule has 0 aliphatic heterocycles. The second-order valence-electron chi connectivity index (χ2n) is 1.02. The van der Waals surface area contributed by atoms with Gasteiger partial charge in [0.1, 0.15) is 0 Å². The Bertz CT molecular complexity index is 64.7. The monoisotopic (exact) mass is 138 g/mol. The zero-order valence-electron chi connectivity index (χ0n) is 4.11. The van der Waals surface area contributed by atoms with Crippen LogP contribution in [0.1, 0.15) is 6.42 Å². The summed E-state index contributed by atoms with van der Waals surface area (Å²) in [5.41, 5.74) is 0. The summed E-state index contributed by atoms with van der Waals surface area (Å²) < 4.78 is 0. The van der Waals surface area contributed by atoms with Crippen molar-refractivity contribution >= 4 is 28.5 Å². The van der Waals surface area contributed by atoms with Gasteiger partial charge >= 0.3 is 0 Å². The molecule has 0 N–H and O–H groups in total. The van der Waals surface area contributed by atoms with Crippen LogP contribution in [0.5, 0.6) is 0 Å². The van der Waals surface area contributed by atoms with Crippen LogP contribution in [0.2, 0.25) is 0 Å². The van der Waals surface area contributed by atoms with Crippen molar-refractivity contribution in [1.29, 1.82) is 0 Å². The SMILES string of the molecule is CSC(=O)CCCl. The van der Waals surface area contributed by atoms with Crippen molar-refractivity contribution in [1.82, 2.24) is 0 Å². The number of carbonyl (C=O) groups excluding carboxylic acids is 1. The summed E-state index contributed by atoms with van der Waals surface area (Å²) in [5.74, 6) is 0.444. The molecule has 0 saturated carbocycles. The van der Waals surface area contributed by atoms with Crippen molar-refractivity contribution in [3.63, 3.8) is 0 Å². The first-order chi connectivity index (χ1) is 3.31. The van der Waals surface area contributed by atoms with Gasteiger partial charge in [-0.15, -0.1) is 11.6 Å². The first-order valence-electron chi connectivity index (χ1n) is 1.94. The Morgan fingerprint density at radius 1 is 1.86 bits per heavy atom. The van der Waals surface area contributed by atoms with Gasteiger partial charge in [-0.25, -0.2) is 0 Å². The second kappa shape index (κ2) is 4.47. The fourth-order valence-corrected chi connectivity index (χ4v) is 0.769. The van der Waals surface area contributed by atoms with Crippen LogP contribution in [0.4, 0.5) is 0 Å². The van der Waals surface area contributed by atoms with Gasteiger partial charge in [-0.2, -0.15) is 0 Å². The Morgan fingerprint density at radius 2 is 2.43 bits per heavy atom. The third kappa shape index (κ3) is 4.16. The molecule has 0 radical (unpaired) electrons. The molecule has 1 nitrogen and oxygen atoms in total. The molecule has 7 heavy (non-hydrogen) atoms. The molecule has 0 aliphatic carbocycles. The quantitative estimate of drug-likeness (QED) is 0.538. The zero-order chi connectivity index (χ0) is 5.70. The van der Waals surface area contributed by atoms with Gasteiger partial charge in [-0.05, 0) is 6.26 Å². The van der Waals surface area contributed by atoms with E-state index in [9.17, 15) is 4.79 Å². The van der Waals surface area contributed by atoms with Gasteiger partial charge in [0, 0.05) is 12.3 Å². The van der Waals surface area contributed by atoms with Gasteiger partial charge in [-0.1, -0.05) is 11.8 Å². The average Bonchev–Trinajstić information content (AvgIpc) is 1.68. The molecule has 0 bridgehead atoms. The highest BCUT2D eigenvalue weighted by Gasteiger charge is 1.93. The van der Waals surface area contributed by atoms with Crippen LogP contribution in [0.25, 0.3) is 0 Å². The Labute approximate surface area is 52.4 Å². The summed E-state index contributed by atoms with van der Waals surface area (Å²) in [6, 6.07) is 0. The average molecular weight is 139 g/mol. The Balaban J connectivity index is 3.00. The fraction of sp³-hybridized carbons (Fsp3) is 0.750. The first kappa shape index (κ1) is 7.31. The van der Waals surface area contributed by atoms with Crippen LogP contribution in [-0.2, 0) is 4.79 Å². The number of hydrogen-bond donors (Lipinski definition) is 0. The van der Waals surface area contributed by atoms with Crippen LogP contribution in [0.15, 0.2) is 0 Å². The van der Waals surface area contributed by atoms with E-state index in [0.29, 0.717) is 12.3 Å². The molecule has 0 heterocycles. The lowest BCUT2D eigenvalue weighted by Gasteiger charge is -1.85. The molecule has 0 unspecified atom stereocenters. The number of halogens is 1. The Hall–Kier alpha value is 0.310. The van der Waals surface area contributed by atoms with Gasteiger partial charge in [0.15, 0.2) is 5.12 Å². The maximum absolute atomic E-state index is 10.3. The van der Waals surface area contributed by atoms with E-state index in [1.807, 2.05) is 0 Å². The molecule has 0 aromatic heterocycles. The molecule has 0 atom stereocenters. The molecule has 42 valence electrons. The van der Waals surface area contributed by atoms with Crippen molar-refractivity contribution in [3.8, 4) is 0 Å². The summed E-state index contributed by atoms with van der Waals surface area (Å²) in [5, 5.41) is 0.162. The molecule has 0 aromatic rings. The topological polar surface area (TPSA) is 17.1 Å². The van der Waals surface area contributed by atoms with Crippen molar-refractivity contribution in [3.05, 3.63) is 0 Å². The van der Waals surface area contributed by atoms with Crippen LogP contribution in [0.3, 0.4) is 0 Å². The summed E-state index contributed by atoms with van der Waals surface area (Å²) in [4.78, 5) is 10.3. The molecule has 0 fully saturated rings. The van der Waals surface area contributed by atoms with Gasteiger partial charge < -0.3 is 0 Å². The lowest BCUT2D eigenvalue weighted by molar-refractivity contribution is -0.110. The van der Waals surface area contributed by atoms with E-state index in [1.54, 1.807) is 6.26 Å². The van der Waals surface area contributed by atoms with E-state index in [-0.39, 0.29) is 5.12 Å². The highest BCUT2D eigenvalue weighted by molar-refractivity contribution is 8.13. The predicted octanol–water partition coefficient (Wildman–Crippen LogP) is 1.50. The van der Waals surface area contributed by atoms with Crippen molar-refractivity contribution in [2.75, 3.05) is 12.1 Å². The van der Waals surface area contributed by atoms with E-state index in [4.69, 9.17) is 11.6 Å². The van der Waals surface area contributed by atoms with Gasteiger partial charge in [0.25, 0.3) is 0 Å². The van der Waals surface area contributed by atoms with E-state index in [0.717, 1.165) is 0 Å². The van der Waals surface area contributed by atoms with Crippen LogP contribution in [0, 0.1) is 0 Å². The van der Waals surface area contributed by atoms with Gasteiger partial charge in [0.05, 0.1) is 0 Å². The number of rotatable bonds is 2. The minimum atomic E-state index is 0.162. The van der Waals surface area contributed by atoms with Crippen molar-refractivity contribution < 1.29 is 4.79 Å². The van der Waals surface area contributed by atoms with Gasteiger partial charge in [0.2, 0.25) is 0 Å². The minimum absolute atomic E-state index is 0.162. The van der Waals surface area contributed by atoms with Crippen LogP contribution >= 0.6 is 23.4 Å². The number of thioether (sulfide) groups is 1. The van der Waals surface area contributed by atoms with E-state index < -0.39 is 0 Å². The molecule has 0 aromatic carbocycles. The predicted molar refractivity (Wildman–Crippen MR) is 33.9 cm³/mol. The molecular formula is C4H7ClOS. The van der Waals surface area contributed by atoms with Crippen molar-refractivity contribution in [2.24, 2.45) is 0 Å². The van der Waals surface area contributed by atoms with Crippen LogP contribution in [-0.4, -0.2) is 17.3 Å². The number of carbonyl (C=O) groups is 1. The lowest BCUT2D eigenvalue weighted by Crippen LogP contribution is -1.88. The normalized spacial score (nSPS) is 8.86. The molecule has 0 amide bonds. The zero-order valence-corrected chi connectivity index (χ0v) is 5.68. The van der Waals surface area contributed by atoms with E-state index in [2.05, 4.69) is 0 Å². The van der Waals surface area contributed by atoms with Crippen molar-refractivity contribution in [2.45, 2.75) is 6.42 Å². The second-order valence-corrected chi connectivity index (χ2v) is 2.26. The summed E-state index contributed by atoms with van der Waals surface area (Å²) in [6.07, 6.45) is 2.25. The van der Waals surface area contributed by atoms with E-state index in [1.165, 1.54) is 11.8 Å². The molecular weight excluding hydrogens is 132 g/mol. The largest absolute Gasteiger partial charge is 0.287 e. The molecule has 0 rings (SSSR count). The summed E-state index contributed by atoms with van der Waals surface area (Å²) >= 11 is 6.47. The molecule has 3 heteroatoms. The Kier molecular flexibility index (Phi) is 4.67. The summed E-state index contributed by atoms with van der Waals surface area (Å²) in [7, 11) is 0. The highest BCUT2D eigenvalue weighted by atomic mass is 35.5. The van der Waals surface area contributed by atoms with Gasteiger partial charge in [-0.3, -0.25) is 4.79 Å². The standard InChI is InChI=1S/C4H7ClOS/c1-7-4(6)2-3-5/h2-3H2,1H3. The smallest absolute Gasteiger partial charge is 0.189 e. The number of hydrogen-bond acceptors (Lipinski definition) is 2. The third-order valence-electron chi connectivity index (χ3n) is 0.526. The summed E-state index contributed by atoms with van der Waals surface area (Å²) in [6.45, 7) is 0. The molecule has 0 saturated heterocycles. The highest BCUT2D eigenvalue weighted by Crippen LogP contribution is 1.99. The minimum Gasteiger partial charge on any atom is -0.287 e. The Morgan fingerprint density at radius 3 is 2.57 bits per heavy atom. The lowest BCUT2D eigenvalue weighted by atomic mass is 10.6. The molecule has 0 spiro atoms. The maximum atomic E-state index is 10.3. The maximum Gasteiger partial charge on any atom is 0.189 e. The molecule has 0 aliphatic rings. The first-order valence-corrected chi connectivity index (χ1v) is 3.70.